The van der Waals surface area contributed by atoms with Crippen molar-refractivity contribution in [2.75, 3.05) is 0 Å². The molecule has 5 heteroatoms. The lowest BCUT2D eigenvalue weighted by Crippen LogP contribution is -2.20. The monoisotopic (exact) mass is 235 g/mol. The Morgan fingerprint density at radius 3 is 2.71 bits per heavy atom. The molecule has 1 aromatic carbocycles. The topological polar surface area (TPSA) is 58.0 Å². The van der Waals surface area contributed by atoms with Gasteiger partial charge in [0.1, 0.15) is 0 Å². The molecule has 0 heterocycles. The lowest BCUT2D eigenvalue weighted by atomic mass is 9.98. The van der Waals surface area contributed by atoms with E-state index < -0.39 is 5.82 Å². The van der Waals surface area contributed by atoms with Crippen LogP contribution >= 0.6 is 0 Å². The summed E-state index contributed by atoms with van der Waals surface area (Å²) in [5.41, 5.74) is 8.51. The molecule has 1 aromatic rings. The van der Waals surface area contributed by atoms with Crippen molar-refractivity contribution in [2.24, 2.45) is 5.11 Å². The van der Waals surface area contributed by atoms with E-state index in [9.17, 15) is 4.39 Å². The first kappa shape index (κ1) is 11.7. The van der Waals surface area contributed by atoms with E-state index in [1.165, 1.54) is 18.6 Å². The van der Waals surface area contributed by atoms with Crippen LogP contribution in [0.2, 0.25) is 0 Å². The zero-order valence-corrected chi connectivity index (χ0v) is 9.47. The summed E-state index contributed by atoms with van der Waals surface area (Å²) < 4.78 is 19.2. The molecule has 0 unspecified atom stereocenters. The van der Waals surface area contributed by atoms with Crippen molar-refractivity contribution < 1.29 is 9.13 Å². The summed E-state index contributed by atoms with van der Waals surface area (Å²) in [7, 11) is 0. The minimum absolute atomic E-state index is 0.114. The molecule has 0 spiro atoms. The number of benzene rings is 1. The number of hydrogen-bond acceptors (Lipinski definition) is 2. The molecule has 4 nitrogen and oxygen atoms in total. The summed E-state index contributed by atoms with van der Waals surface area (Å²) in [6.45, 7) is 0. The first-order valence-corrected chi connectivity index (χ1v) is 5.81. The largest absolute Gasteiger partial charge is 0.487 e. The first-order chi connectivity index (χ1) is 8.29. The third-order valence-electron chi connectivity index (χ3n) is 2.92. The van der Waals surface area contributed by atoms with Gasteiger partial charge in [-0.25, -0.2) is 4.39 Å². The Labute approximate surface area is 99.0 Å². The van der Waals surface area contributed by atoms with Crippen LogP contribution in [-0.4, -0.2) is 6.10 Å². The Morgan fingerprint density at radius 2 is 2.06 bits per heavy atom. The Bertz CT molecular complexity index is 437. The molecule has 17 heavy (non-hydrogen) atoms. The molecule has 0 radical (unpaired) electrons. The fourth-order valence-electron chi connectivity index (χ4n) is 2.06. The Kier molecular flexibility index (Phi) is 3.83. The third kappa shape index (κ3) is 3.11. The average Bonchev–Trinajstić information content (AvgIpc) is 2.34. The first-order valence-electron chi connectivity index (χ1n) is 5.81. The summed E-state index contributed by atoms with van der Waals surface area (Å²) in [5.74, 6) is -0.228. The van der Waals surface area contributed by atoms with Crippen LogP contribution in [0.15, 0.2) is 23.3 Å². The summed E-state index contributed by atoms with van der Waals surface area (Å²) in [6, 6.07) is 4.27. The van der Waals surface area contributed by atoms with Gasteiger partial charge in [0.15, 0.2) is 11.6 Å². The van der Waals surface area contributed by atoms with Crippen molar-refractivity contribution in [3.63, 3.8) is 0 Å². The SMILES string of the molecule is [N-]=[N+]=Nc1ccc(OC2CCCCC2)c(F)c1. The summed E-state index contributed by atoms with van der Waals surface area (Å²) in [5, 5.41) is 3.34. The number of hydrogen-bond donors (Lipinski definition) is 0. The zero-order valence-electron chi connectivity index (χ0n) is 9.47. The Balaban J connectivity index is 2.07. The van der Waals surface area contributed by atoms with E-state index in [1.807, 2.05) is 0 Å². The van der Waals surface area contributed by atoms with E-state index in [0.29, 0.717) is 0 Å². The molecule has 1 saturated carbocycles. The number of ether oxygens (including phenoxy) is 1. The van der Waals surface area contributed by atoms with Crippen LogP contribution in [-0.2, 0) is 0 Å². The van der Waals surface area contributed by atoms with Crippen LogP contribution in [0.3, 0.4) is 0 Å². The van der Waals surface area contributed by atoms with Crippen LogP contribution in [0, 0.1) is 5.82 Å². The van der Waals surface area contributed by atoms with Crippen LogP contribution in [0.25, 0.3) is 10.4 Å². The predicted molar refractivity (Wildman–Crippen MR) is 62.7 cm³/mol. The standard InChI is InChI=1S/C12H14FN3O/c13-11-8-9(15-16-14)6-7-12(11)17-10-4-2-1-3-5-10/h6-8,10H,1-5H2. The van der Waals surface area contributed by atoms with Crippen molar-refractivity contribution >= 4 is 5.69 Å². The highest BCUT2D eigenvalue weighted by atomic mass is 19.1. The van der Waals surface area contributed by atoms with E-state index >= 15 is 0 Å². The van der Waals surface area contributed by atoms with E-state index in [0.717, 1.165) is 25.7 Å². The van der Waals surface area contributed by atoms with Crippen LogP contribution in [0.1, 0.15) is 32.1 Å². The maximum Gasteiger partial charge on any atom is 0.165 e. The van der Waals surface area contributed by atoms with Gasteiger partial charge in [0.25, 0.3) is 0 Å². The minimum atomic E-state index is -0.472. The average molecular weight is 235 g/mol. The highest BCUT2D eigenvalue weighted by Gasteiger charge is 2.16. The summed E-state index contributed by atoms with van der Waals surface area (Å²) in [6.07, 6.45) is 5.60. The van der Waals surface area contributed by atoms with Gasteiger partial charge in [-0.15, -0.1) is 0 Å². The second-order valence-electron chi connectivity index (χ2n) is 4.18. The number of azide groups is 1. The van der Waals surface area contributed by atoms with Crippen molar-refractivity contribution in [3.8, 4) is 5.75 Å². The van der Waals surface area contributed by atoms with E-state index in [1.54, 1.807) is 6.07 Å². The molecular weight excluding hydrogens is 221 g/mol. The molecule has 1 aliphatic rings. The molecule has 0 saturated heterocycles. The van der Waals surface area contributed by atoms with E-state index in [2.05, 4.69) is 10.0 Å². The number of nitrogens with zero attached hydrogens (tertiary/aromatic N) is 3. The lowest BCUT2D eigenvalue weighted by molar-refractivity contribution is 0.149. The predicted octanol–water partition coefficient (Wildman–Crippen LogP) is 4.48. The smallest absolute Gasteiger partial charge is 0.165 e. The summed E-state index contributed by atoms with van der Waals surface area (Å²) in [4.78, 5) is 2.61. The lowest BCUT2D eigenvalue weighted by Gasteiger charge is -2.23. The normalized spacial score (nSPS) is 16.3. The number of halogens is 1. The Morgan fingerprint density at radius 1 is 1.29 bits per heavy atom. The van der Waals surface area contributed by atoms with Crippen molar-refractivity contribution in [1.82, 2.24) is 0 Å². The van der Waals surface area contributed by atoms with Gasteiger partial charge in [0.2, 0.25) is 0 Å². The molecule has 0 atom stereocenters. The molecule has 0 amide bonds. The minimum Gasteiger partial charge on any atom is -0.487 e. The quantitative estimate of drug-likeness (QED) is 0.433. The van der Waals surface area contributed by atoms with Crippen molar-refractivity contribution in [3.05, 3.63) is 34.5 Å². The van der Waals surface area contributed by atoms with Gasteiger partial charge in [-0.3, -0.25) is 0 Å². The van der Waals surface area contributed by atoms with E-state index in [4.69, 9.17) is 10.3 Å². The molecular formula is C12H14FN3O. The second-order valence-corrected chi connectivity index (χ2v) is 4.18. The molecule has 0 aliphatic heterocycles. The van der Waals surface area contributed by atoms with Gasteiger partial charge in [-0.2, -0.15) is 0 Å². The van der Waals surface area contributed by atoms with E-state index in [-0.39, 0.29) is 17.5 Å². The molecule has 90 valence electrons. The second kappa shape index (κ2) is 5.55. The molecule has 1 aliphatic carbocycles. The fourth-order valence-corrected chi connectivity index (χ4v) is 2.06. The Hall–Kier alpha value is -1.74. The van der Waals surface area contributed by atoms with Crippen LogP contribution < -0.4 is 4.74 Å². The number of rotatable bonds is 3. The van der Waals surface area contributed by atoms with Crippen molar-refractivity contribution in [2.45, 2.75) is 38.2 Å². The van der Waals surface area contributed by atoms with Crippen LogP contribution in [0.4, 0.5) is 10.1 Å². The van der Waals surface area contributed by atoms with Gasteiger partial charge >= 0.3 is 0 Å². The molecule has 2 rings (SSSR count). The van der Waals surface area contributed by atoms with Crippen molar-refractivity contribution in [1.29, 1.82) is 0 Å². The molecule has 0 N–H and O–H groups in total. The van der Waals surface area contributed by atoms with Gasteiger partial charge in [-0.05, 0) is 49.4 Å². The van der Waals surface area contributed by atoms with Gasteiger partial charge in [0.05, 0.1) is 6.10 Å². The fraction of sp³-hybridized carbons (Fsp3) is 0.500. The highest BCUT2D eigenvalue weighted by molar-refractivity contribution is 5.42. The van der Waals surface area contributed by atoms with Gasteiger partial charge in [-0.1, -0.05) is 11.5 Å². The molecule has 1 fully saturated rings. The van der Waals surface area contributed by atoms with Gasteiger partial charge in [0, 0.05) is 10.6 Å². The maximum atomic E-state index is 13.6. The van der Waals surface area contributed by atoms with Gasteiger partial charge < -0.3 is 4.74 Å². The zero-order chi connectivity index (χ0) is 12.1. The summed E-state index contributed by atoms with van der Waals surface area (Å²) >= 11 is 0. The maximum absolute atomic E-state index is 13.6. The molecule has 0 bridgehead atoms. The van der Waals surface area contributed by atoms with Crippen LogP contribution in [0.5, 0.6) is 5.75 Å². The highest BCUT2D eigenvalue weighted by Crippen LogP contribution is 2.27. The molecule has 0 aromatic heterocycles. The third-order valence-corrected chi connectivity index (χ3v) is 2.92.